The number of rotatable bonds is 5. The van der Waals surface area contributed by atoms with Crippen molar-refractivity contribution in [3.8, 4) is 0 Å². The van der Waals surface area contributed by atoms with Crippen molar-refractivity contribution in [2.45, 2.75) is 129 Å². The molecule has 4 fully saturated rings. The van der Waals surface area contributed by atoms with Crippen molar-refractivity contribution < 1.29 is 10.2 Å². The Morgan fingerprint density at radius 1 is 0.897 bits per heavy atom. The van der Waals surface area contributed by atoms with Crippen LogP contribution in [0, 0.1) is 40.4 Å². The largest absolute Gasteiger partial charge is 0.390 e. The average Bonchev–Trinajstić information content (AvgIpc) is 2.99. The molecule has 4 saturated carbocycles. The normalized spacial score (nSPS) is 51.6. The Bertz CT molecular complexity index is 595. The van der Waals surface area contributed by atoms with Crippen LogP contribution in [0.3, 0.4) is 0 Å². The molecule has 0 aromatic heterocycles. The van der Waals surface area contributed by atoms with E-state index in [-0.39, 0.29) is 0 Å². The molecule has 0 spiro atoms. The Morgan fingerprint density at radius 3 is 2.34 bits per heavy atom. The first-order valence-electron chi connectivity index (χ1n) is 13.0. The summed E-state index contributed by atoms with van der Waals surface area (Å²) in [6.45, 7) is 11.4. The van der Waals surface area contributed by atoms with Gasteiger partial charge in [-0.25, -0.2) is 0 Å². The molecule has 4 aliphatic rings. The Hall–Kier alpha value is -0.0800. The van der Waals surface area contributed by atoms with Gasteiger partial charge >= 0.3 is 0 Å². The minimum atomic E-state index is -0.467. The molecule has 0 amide bonds. The molecular formula is C27H48O2. The fraction of sp³-hybridized carbons (Fsp3) is 1.00. The van der Waals surface area contributed by atoms with E-state index in [2.05, 4.69) is 27.7 Å². The fourth-order valence-corrected chi connectivity index (χ4v) is 8.92. The van der Waals surface area contributed by atoms with Gasteiger partial charge in [-0.3, -0.25) is 0 Å². The molecule has 0 aromatic rings. The molecule has 4 rings (SSSR count). The van der Waals surface area contributed by atoms with Gasteiger partial charge in [0.2, 0.25) is 0 Å². The van der Waals surface area contributed by atoms with Crippen molar-refractivity contribution in [1.29, 1.82) is 0 Å². The van der Waals surface area contributed by atoms with E-state index >= 15 is 0 Å². The second kappa shape index (κ2) is 7.51. The van der Waals surface area contributed by atoms with Gasteiger partial charge in [0.15, 0.2) is 0 Å². The van der Waals surface area contributed by atoms with Crippen molar-refractivity contribution in [3.63, 3.8) is 0 Å². The van der Waals surface area contributed by atoms with Gasteiger partial charge in [-0.2, -0.15) is 0 Å². The molecule has 0 radical (unpaired) electrons. The lowest BCUT2D eigenvalue weighted by Gasteiger charge is -2.62. The Balaban J connectivity index is 1.44. The van der Waals surface area contributed by atoms with Gasteiger partial charge in [-0.05, 0) is 131 Å². The summed E-state index contributed by atoms with van der Waals surface area (Å²) < 4.78 is 0. The van der Waals surface area contributed by atoms with Gasteiger partial charge in [0.25, 0.3) is 0 Å². The summed E-state index contributed by atoms with van der Waals surface area (Å²) in [7, 11) is 0. The molecular weight excluding hydrogens is 356 g/mol. The molecule has 2 nitrogen and oxygen atoms in total. The van der Waals surface area contributed by atoms with E-state index in [9.17, 15) is 10.2 Å². The number of aliphatic hydroxyl groups is 2. The first kappa shape index (κ1) is 22.1. The standard InChI is InChI=1S/C27H48O2/c1-6-24(2,28)14-7-8-19-10-12-22-21-11-9-20-18-25(3,29)16-17-27(20,5)23(21)13-15-26(19,22)4/h19-23,28-29H,6-18H2,1-5H3/t19-,20-,21-,22-,23-,24+,25-,26+,27-/m0/s1. The molecule has 9 atom stereocenters. The summed E-state index contributed by atoms with van der Waals surface area (Å²) in [4.78, 5) is 0. The third kappa shape index (κ3) is 3.84. The Kier molecular flexibility index (Phi) is 5.73. The quantitative estimate of drug-likeness (QED) is 0.533. The van der Waals surface area contributed by atoms with Gasteiger partial charge in [-0.15, -0.1) is 0 Å². The SMILES string of the molecule is CC[C@@](C)(O)CCC[C@H]1CC[C@H]2[C@@H]3CC[C@H]4C[C@@](C)(O)CC[C@]4(C)[C@H]3CC[C@]12C. The number of fused-ring (bicyclic) bond motifs is 5. The minimum Gasteiger partial charge on any atom is -0.390 e. The highest BCUT2D eigenvalue weighted by molar-refractivity contribution is 5.10. The molecule has 4 aliphatic carbocycles. The highest BCUT2D eigenvalue weighted by atomic mass is 16.3. The van der Waals surface area contributed by atoms with Crippen LogP contribution in [0.2, 0.25) is 0 Å². The summed E-state index contributed by atoms with van der Waals surface area (Å²) in [6, 6.07) is 0. The van der Waals surface area contributed by atoms with E-state index in [1.807, 2.05) is 6.92 Å². The first-order chi connectivity index (χ1) is 13.5. The zero-order valence-electron chi connectivity index (χ0n) is 20.0. The van der Waals surface area contributed by atoms with Crippen molar-refractivity contribution in [1.82, 2.24) is 0 Å². The van der Waals surface area contributed by atoms with E-state index in [0.717, 1.165) is 55.3 Å². The van der Waals surface area contributed by atoms with Crippen molar-refractivity contribution in [2.75, 3.05) is 0 Å². The van der Waals surface area contributed by atoms with Crippen LogP contribution in [0.1, 0.15) is 118 Å². The first-order valence-corrected chi connectivity index (χ1v) is 13.0. The van der Waals surface area contributed by atoms with Crippen LogP contribution in [0.25, 0.3) is 0 Å². The third-order valence-corrected chi connectivity index (χ3v) is 11.2. The summed E-state index contributed by atoms with van der Waals surface area (Å²) in [5, 5.41) is 21.1. The van der Waals surface area contributed by atoms with Gasteiger partial charge < -0.3 is 10.2 Å². The molecule has 29 heavy (non-hydrogen) atoms. The summed E-state index contributed by atoms with van der Waals surface area (Å²) in [5.41, 5.74) is 0.136. The zero-order valence-corrected chi connectivity index (χ0v) is 20.0. The van der Waals surface area contributed by atoms with Gasteiger partial charge in [0.1, 0.15) is 0 Å². The highest BCUT2D eigenvalue weighted by Crippen LogP contribution is 2.68. The van der Waals surface area contributed by atoms with E-state index in [4.69, 9.17) is 0 Å². The molecule has 2 heteroatoms. The molecule has 0 heterocycles. The summed E-state index contributed by atoms with van der Waals surface area (Å²) in [6.07, 6.45) is 16.1. The molecule has 2 N–H and O–H groups in total. The number of hydrogen-bond donors (Lipinski definition) is 2. The molecule has 0 bridgehead atoms. The smallest absolute Gasteiger partial charge is 0.0622 e. The van der Waals surface area contributed by atoms with E-state index in [1.54, 1.807) is 0 Å². The molecule has 0 aromatic carbocycles. The molecule has 0 saturated heterocycles. The summed E-state index contributed by atoms with van der Waals surface area (Å²) >= 11 is 0. The fourth-order valence-electron chi connectivity index (χ4n) is 8.92. The van der Waals surface area contributed by atoms with Gasteiger partial charge in [-0.1, -0.05) is 27.2 Å². The summed E-state index contributed by atoms with van der Waals surface area (Å²) in [5.74, 6) is 4.37. The molecule has 0 aliphatic heterocycles. The zero-order chi connectivity index (χ0) is 21.1. The maximum absolute atomic E-state index is 10.7. The van der Waals surface area contributed by atoms with E-state index in [0.29, 0.717) is 10.8 Å². The maximum atomic E-state index is 10.7. The second-order valence-corrected chi connectivity index (χ2v) is 12.9. The lowest BCUT2D eigenvalue weighted by Crippen LogP contribution is -2.55. The van der Waals surface area contributed by atoms with Crippen LogP contribution in [0.15, 0.2) is 0 Å². The van der Waals surface area contributed by atoms with Crippen LogP contribution >= 0.6 is 0 Å². The Morgan fingerprint density at radius 2 is 1.62 bits per heavy atom. The van der Waals surface area contributed by atoms with E-state index < -0.39 is 11.2 Å². The maximum Gasteiger partial charge on any atom is 0.0622 e. The lowest BCUT2D eigenvalue weighted by molar-refractivity contribution is -0.146. The van der Waals surface area contributed by atoms with Crippen LogP contribution < -0.4 is 0 Å². The monoisotopic (exact) mass is 404 g/mol. The third-order valence-electron chi connectivity index (χ3n) is 11.2. The predicted molar refractivity (Wildman–Crippen MR) is 121 cm³/mol. The lowest BCUT2D eigenvalue weighted by atomic mass is 9.44. The molecule has 168 valence electrons. The highest BCUT2D eigenvalue weighted by Gasteiger charge is 2.60. The Labute approximate surface area is 180 Å². The van der Waals surface area contributed by atoms with Crippen molar-refractivity contribution in [3.05, 3.63) is 0 Å². The van der Waals surface area contributed by atoms with Crippen LogP contribution in [-0.4, -0.2) is 21.4 Å². The van der Waals surface area contributed by atoms with Gasteiger partial charge in [0.05, 0.1) is 11.2 Å². The van der Waals surface area contributed by atoms with Crippen LogP contribution in [0.5, 0.6) is 0 Å². The van der Waals surface area contributed by atoms with Crippen molar-refractivity contribution >= 4 is 0 Å². The average molecular weight is 405 g/mol. The number of hydrogen-bond acceptors (Lipinski definition) is 2. The molecule has 0 unspecified atom stereocenters. The topological polar surface area (TPSA) is 40.5 Å². The predicted octanol–water partition coefficient (Wildman–Crippen LogP) is 6.73. The van der Waals surface area contributed by atoms with Crippen LogP contribution in [-0.2, 0) is 0 Å². The van der Waals surface area contributed by atoms with Crippen molar-refractivity contribution in [2.24, 2.45) is 40.4 Å². The minimum absolute atomic E-state index is 0.418. The van der Waals surface area contributed by atoms with E-state index in [1.165, 1.54) is 57.8 Å². The van der Waals surface area contributed by atoms with Crippen LogP contribution in [0.4, 0.5) is 0 Å². The van der Waals surface area contributed by atoms with Gasteiger partial charge in [0, 0.05) is 0 Å². The second-order valence-electron chi connectivity index (χ2n) is 12.9.